The van der Waals surface area contributed by atoms with Gasteiger partial charge in [-0.2, -0.15) is 4.98 Å². The summed E-state index contributed by atoms with van der Waals surface area (Å²) in [6.45, 7) is 2.87. The zero-order chi connectivity index (χ0) is 13.7. The van der Waals surface area contributed by atoms with Crippen molar-refractivity contribution in [2.75, 3.05) is 17.3 Å². The van der Waals surface area contributed by atoms with Crippen molar-refractivity contribution in [3.63, 3.8) is 0 Å². The molecule has 0 fully saturated rings. The molecule has 0 spiro atoms. The van der Waals surface area contributed by atoms with Gasteiger partial charge in [0, 0.05) is 6.54 Å². The van der Waals surface area contributed by atoms with E-state index in [9.17, 15) is 0 Å². The SMILES string of the molecule is CC(CNc1nc(NN)ncc1Cl)c1ccccc1. The van der Waals surface area contributed by atoms with Crippen molar-refractivity contribution in [3.05, 3.63) is 47.1 Å². The number of aromatic nitrogens is 2. The van der Waals surface area contributed by atoms with Gasteiger partial charge in [-0.3, -0.25) is 5.43 Å². The molecule has 0 aliphatic rings. The quantitative estimate of drug-likeness (QED) is 0.579. The Labute approximate surface area is 117 Å². The number of nitrogens with zero attached hydrogens (tertiary/aromatic N) is 2. The first kappa shape index (κ1) is 13.6. The van der Waals surface area contributed by atoms with Crippen molar-refractivity contribution in [2.24, 2.45) is 5.84 Å². The van der Waals surface area contributed by atoms with Crippen LogP contribution in [0.5, 0.6) is 0 Å². The van der Waals surface area contributed by atoms with Crippen LogP contribution in [-0.4, -0.2) is 16.5 Å². The number of nitrogen functional groups attached to an aromatic ring is 1. The predicted octanol–water partition coefficient (Wildman–Crippen LogP) is 2.63. The van der Waals surface area contributed by atoms with Crippen LogP contribution < -0.4 is 16.6 Å². The highest BCUT2D eigenvalue weighted by atomic mass is 35.5. The van der Waals surface area contributed by atoms with Gasteiger partial charge in [-0.05, 0) is 11.5 Å². The average molecular weight is 278 g/mol. The van der Waals surface area contributed by atoms with Crippen molar-refractivity contribution in [1.29, 1.82) is 0 Å². The third-order valence-electron chi connectivity index (χ3n) is 2.82. The zero-order valence-electron chi connectivity index (χ0n) is 10.6. The fraction of sp³-hybridized carbons (Fsp3) is 0.231. The number of hydrogen-bond donors (Lipinski definition) is 3. The minimum Gasteiger partial charge on any atom is -0.368 e. The molecule has 0 saturated heterocycles. The molecule has 1 aromatic heterocycles. The summed E-state index contributed by atoms with van der Waals surface area (Å²) in [6, 6.07) is 10.3. The number of hydrogen-bond acceptors (Lipinski definition) is 5. The molecule has 100 valence electrons. The van der Waals surface area contributed by atoms with Crippen LogP contribution in [0.2, 0.25) is 5.02 Å². The Bertz CT molecular complexity index is 532. The molecule has 0 amide bonds. The summed E-state index contributed by atoms with van der Waals surface area (Å²) in [6.07, 6.45) is 1.51. The second-order valence-corrected chi connectivity index (χ2v) is 4.63. The van der Waals surface area contributed by atoms with Crippen LogP contribution in [0.15, 0.2) is 36.5 Å². The number of hydrazine groups is 1. The third-order valence-corrected chi connectivity index (χ3v) is 3.09. The number of halogens is 1. The maximum Gasteiger partial charge on any atom is 0.239 e. The summed E-state index contributed by atoms with van der Waals surface area (Å²) in [5.74, 6) is 6.53. The highest BCUT2D eigenvalue weighted by molar-refractivity contribution is 6.32. The van der Waals surface area contributed by atoms with Crippen molar-refractivity contribution >= 4 is 23.4 Å². The lowest BCUT2D eigenvalue weighted by Gasteiger charge is -2.14. The second-order valence-electron chi connectivity index (χ2n) is 4.23. The molecule has 0 aliphatic carbocycles. The van der Waals surface area contributed by atoms with Gasteiger partial charge < -0.3 is 5.32 Å². The van der Waals surface area contributed by atoms with Gasteiger partial charge in [-0.25, -0.2) is 10.8 Å². The van der Waals surface area contributed by atoms with Gasteiger partial charge in [-0.15, -0.1) is 0 Å². The largest absolute Gasteiger partial charge is 0.368 e. The molecule has 6 heteroatoms. The van der Waals surface area contributed by atoms with Gasteiger partial charge in [0.25, 0.3) is 0 Å². The maximum atomic E-state index is 6.03. The minimum atomic E-state index is 0.333. The van der Waals surface area contributed by atoms with E-state index in [2.05, 4.69) is 39.8 Å². The molecule has 19 heavy (non-hydrogen) atoms. The number of nitrogens with two attached hydrogens (primary N) is 1. The first-order valence-electron chi connectivity index (χ1n) is 5.98. The molecule has 5 nitrogen and oxygen atoms in total. The van der Waals surface area contributed by atoms with Gasteiger partial charge >= 0.3 is 0 Å². The van der Waals surface area contributed by atoms with E-state index in [0.29, 0.717) is 22.7 Å². The van der Waals surface area contributed by atoms with E-state index in [1.807, 2.05) is 18.2 Å². The molecule has 2 aromatic rings. The van der Waals surface area contributed by atoms with Crippen molar-refractivity contribution < 1.29 is 0 Å². The van der Waals surface area contributed by atoms with E-state index in [1.54, 1.807) is 0 Å². The Kier molecular flexibility index (Phi) is 4.54. The Morgan fingerprint density at radius 2 is 2.05 bits per heavy atom. The summed E-state index contributed by atoms with van der Waals surface area (Å²) >= 11 is 6.03. The lowest BCUT2D eigenvalue weighted by molar-refractivity contribution is 0.801. The van der Waals surface area contributed by atoms with E-state index in [0.717, 1.165) is 6.54 Å². The molecule has 1 unspecified atom stereocenters. The fourth-order valence-corrected chi connectivity index (χ4v) is 1.87. The van der Waals surface area contributed by atoms with Crippen molar-refractivity contribution in [3.8, 4) is 0 Å². The molecule has 1 atom stereocenters. The molecular weight excluding hydrogens is 262 g/mol. The van der Waals surface area contributed by atoms with Gasteiger partial charge in [-0.1, -0.05) is 48.9 Å². The normalized spacial score (nSPS) is 11.9. The van der Waals surface area contributed by atoms with E-state index < -0.39 is 0 Å². The first-order chi connectivity index (χ1) is 9.20. The van der Waals surface area contributed by atoms with E-state index in [1.165, 1.54) is 11.8 Å². The van der Waals surface area contributed by atoms with Crippen LogP contribution in [0.3, 0.4) is 0 Å². The molecule has 1 aromatic carbocycles. The van der Waals surface area contributed by atoms with Gasteiger partial charge in [0.1, 0.15) is 5.02 Å². The smallest absolute Gasteiger partial charge is 0.239 e. The number of nitrogens with one attached hydrogen (secondary N) is 2. The molecule has 0 saturated carbocycles. The number of rotatable bonds is 5. The van der Waals surface area contributed by atoms with Gasteiger partial charge in [0.2, 0.25) is 5.95 Å². The summed E-state index contributed by atoms with van der Waals surface area (Å²) in [4.78, 5) is 8.09. The number of anilines is 2. The van der Waals surface area contributed by atoms with E-state index in [-0.39, 0.29) is 0 Å². The Morgan fingerprint density at radius 1 is 1.32 bits per heavy atom. The lowest BCUT2D eigenvalue weighted by atomic mass is 10.0. The Balaban J connectivity index is 2.02. The molecule has 1 heterocycles. The Morgan fingerprint density at radius 3 is 2.74 bits per heavy atom. The highest BCUT2D eigenvalue weighted by Gasteiger charge is 2.08. The minimum absolute atomic E-state index is 0.333. The highest BCUT2D eigenvalue weighted by Crippen LogP contribution is 2.21. The van der Waals surface area contributed by atoms with Crippen LogP contribution in [0.25, 0.3) is 0 Å². The molecule has 4 N–H and O–H groups in total. The Hall–Kier alpha value is -1.85. The van der Waals surface area contributed by atoms with Crippen LogP contribution in [0.4, 0.5) is 11.8 Å². The number of benzene rings is 1. The maximum absolute atomic E-state index is 6.03. The van der Waals surface area contributed by atoms with Crippen molar-refractivity contribution in [2.45, 2.75) is 12.8 Å². The second kappa shape index (κ2) is 6.36. The first-order valence-corrected chi connectivity index (χ1v) is 6.36. The standard InChI is InChI=1S/C13H16ClN5/c1-9(10-5-3-2-4-6-10)7-16-12-11(14)8-17-13(18-12)19-15/h2-6,8-9H,7,15H2,1H3,(H2,16,17,18,19). The lowest BCUT2D eigenvalue weighted by Crippen LogP contribution is -2.14. The summed E-state index contributed by atoms with van der Waals surface area (Å²) < 4.78 is 0. The van der Waals surface area contributed by atoms with Crippen LogP contribution in [-0.2, 0) is 0 Å². The molecule has 0 aliphatic heterocycles. The third kappa shape index (κ3) is 3.56. The summed E-state index contributed by atoms with van der Waals surface area (Å²) in [5.41, 5.74) is 3.65. The molecule has 0 radical (unpaired) electrons. The van der Waals surface area contributed by atoms with Crippen LogP contribution in [0, 0.1) is 0 Å². The topological polar surface area (TPSA) is 75.9 Å². The van der Waals surface area contributed by atoms with Gasteiger partial charge in [0.15, 0.2) is 5.82 Å². The van der Waals surface area contributed by atoms with Crippen molar-refractivity contribution in [1.82, 2.24) is 9.97 Å². The van der Waals surface area contributed by atoms with E-state index in [4.69, 9.17) is 17.4 Å². The summed E-state index contributed by atoms with van der Waals surface area (Å²) in [5, 5.41) is 3.68. The molecular formula is C13H16ClN5. The van der Waals surface area contributed by atoms with Gasteiger partial charge in [0.05, 0.1) is 6.20 Å². The zero-order valence-corrected chi connectivity index (χ0v) is 11.4. The fourth-order valence-electron chi connectivity index (χ4n) is 1.71. The van der Waals surface area contributed by atoms with E-state index >= 15 is 0 Å². The van der Waals surface area contributed by atoms with Crippen LogP contribution >= 0.6 is 11.6 Å². The predicted molar refractivity (Wildman–Crippen MR) is 78.2 cm³/mol. The average Bonchev–Trinajstić information content (AvgIpc) is 2.47. The van der Waals surface area contributed by atoms with Crippen LogP contribution in [0.1, 0.15) is 18.4 Å². The molecule has 0 bridgehead atoms. The molecule has 2 rings (SSSR count). The monoisotopic (exact) mass is 277 g/mol. The summed E-state index contributed by atoms with van der Waals surface area (Å²) in [7, 11) is 0.